The molecular weight excluding hydrogens is 341 g/mol. The van der Waals surface area contributed by atoms with Gasteiger partial charge in [0, 0.05) is 36.9 Å². The first kappa shape index (κ1) is 17.3. The van der Waals surface area contributed by atoms with E-state index in [4.69, 9.17) is 4.74 Å². The van der Waals surface area contributed by atoms with Crippen molar-refractivity contribution in [3.63, 3.8) is 0 Å². The summed E-state index contributed by atoms with van der Waals surface area (Å²) in [5.74, 6) is -0.233. The van der Waals surface area contributed by atoms with Crippen molar-refractivity contribution in [2.45, 2.75) is 6.61 Å². The standard InChI is InChI=1S/C18H18FN3O2S/c1-22(2)11-7-8-15(20-9-11)21-18(23)17-12(10-24-3)16-13(19)5-4-6-14(16)25-17/h4-9H,10H2,1-3H3,(H,20,21,23). The Morgan fingerprint density at radius 3 is 2.76 bits per heavy atom. The number of rotatable bonds is 5. The number of nitrogens with zero attached hydrogens (tertiary/aromatic N) is 2. The van der Waals surface area contributed by atoms with Gasteiger partial charge in [-0.15, -0.1) is 11.3 Å². The summed E-state index contributed by atoms with van der Waals surface area (Å²) in [6.07, 6.45) is 1.68. The van der Waals surface area contributed by atoms with E-state index >= 15 is 0 Å². The van der Waals surface area contributed by atoms with E-state index in [2.05, 4.69) is 10.3 Å². The van der Waals surface area contributed by atoms with Crippen LogP contribution < -0.4 is 10.2 Å². The number of fused-ring (bicyclic) bond motifs is 1. The van der Waals surface area contributed by atoms with Gasteiger partial charge >= 0.3 is 0 Å². The normalized spacial score (nSPS) is 10.9. The molecule has 3 aromatic rings. The first-order valence-electron chi connectivity index (χ1n) is 7.65. The molecule has 130 valence electrons. The Balaban J connectivity index is 1.93. The van der Waals surface area contributed by atoms with Crippen molar-refractivity contribution in [1.82, 2.24) is 4.98 Å². The highest BCUT2D eigenvalue weighted by atomic mass is 32.1. The third-order valence-electron chi connectivity index (χ3n) is 3.76. The van der Waals surface area contributed by atoms with Crippen molar-refractivity contribution < 1.29 is 13.9 Å². The molecule has 0 aliphatic rings. The molecule has 1 N–H and O–H groups in total. The highest BCUT2D eigenvalue weighted by molar-refractivity contribution is 7.21. The monoisotopic (exact) mass is 359 g/mol. The van der Waals surface area contributed by atoms with E-state index < -0.39 is 0 Å². The van der Waals surface area contributed by atoms with Crippen molar-refractivity contribution in [2.24, 2.45) is 0 Å². The number of ether oxygens (including phenoxy) is 1. The first-order chi connectivity index (χ1) is 12.0. The number of thiophene rings is 1. The lowest BCUT2D eigenvalue weighted by Gasteiger charge is -2.12. The summed E-state index contributed by atoms with van der Waals surface area (Å²) in [4.78, 5) is 19.3. The van der Waals surface area contributed by atoms with Crippen LogP contribution in [0.2, 0.25) is 0 Å². The number of methoxy groups -OCH3 is 1. The van der Waals surface area contributed by atoms with E-state index in [9.17, 15) is 9.18 Å². The molecule has 0 fully saturated rings. The maximum absolute atomic E-state index is 14.2. The van der Waals surface area contributed by atoms with Crippen LogP contribution in [0.1, 0.15) is 15.2 Å². The maximum Gasteiger partial charge on any atom is 0.267 e. The van der Waals surface area contributed by atoms with Crippen molar-refractivity contribution >= 4 is 38.8 Å². The summed E-state index contributed by atoms with van der Waals surface area (Å²) in [6, 6.07) is 8.41. The Morgan fingerprint density at radius 2 is 2.12 bits per heavy atom. The molecule has 0 aliphatic carbocycles. The summed E-state index contributed by atoms with van der Waals surface area (Å²) in [5.41, 5.74) is 1.49. The number of carbonyl (C=O) groups excluding carboxylic acids is 1. The number of carbonyl (C=O) groups is 1. The summed E-state index contributed by atoms with van der Waals surface area (Å²) in [7, 11) is 5.35. The quantitative estimate of drug-likeness (QED) is 0.751. The fourth-order valence-electron chi connectivity index (χ4n) is 2.53. The number of anilines is 2. The van der Waals surface area contributed by atoms with Crippen LogP contribution in [0, 0.1) is 5.82 Å². The molecule has 0 radical (unpaired) electrons. The van der Waals surface area contributed by atoms with Gasteiger partial charge in [0.15, 0.2) is 0 Å². The number of amides is 1. The number of hydrogen-bond acceptors (Lipinski definition) is 5. The Kier molecular flexibility index (Phi) is 4.96. The lowest BCUT2D eigenvalue weighted by Crippen LogP contribution is -2.14. The number of nitrogens with one attached hydrogen (secondary N) is 1. The molecular formula is C18H18FN3O2S. The predicted octanol–water partition coefficient (Wildman–Crippen LogP) is 3.90. The second-order valence-corrected chi connectivity index (χ2v) is 6.76. The lowest BCUT2D eigenvalue weighted by atomic mass is 10.1. The molecule has 0 aliphatic heterocycles. The molecule has 1 aromatic carbocycles. The number of pyridine rings is 1. The fourth-order valence-corrected chi connectivity index (χ4v) is 3.65. The van der Waals surface area contributed by atoms with Gasteiger partial charge in [-0.1, -0.05) is 6.07 Å². The number of aromatic nitrogens is 1. The summed E-state index contributed by atoms with van der Waals surface area (Å²) in [5, 5.41) is 3.21. The second kappa shape index (κ2) is 7.16. The van der Waals surface area contributed by atoms with Gasteiger partial charge in [0.1, 0.15) is 11.6 Å². The summed E-state index contributed by atoms with van der Waals surface area (Å²) < 4.78 is 20.1. The maximum atomic E-state index is 14.2. The van der Waals surface area contributed by atoms with Gasteiger partial charge in [0.2, 0.25) is 0 Å². The minimum Gasteiger partial charge on any atom is -0.380 e. The van der Waals surface area contributed by atoms with E-state index in [1.54, 1.807) is 24.4 Å². The summed E-state index contributed by atoms with van der Waals surface area (Å²) >= 11 is 1.25. The van der Waals surface area contributed by atoms with Gasteiger partial charge in [-0.2, -0.15) is 0 Å². The number of halogens is 1. The molecule has 5 nitrogen and oxygen atoms in total. The molecule has 0 saturated carbocycles. The van der Waals surface area contributed by atoms with Gasteiger partial charge in [-0.3, -0.25) is 4.79 Å². The Morgan fingerprint density at radius 1 is 1.32 bits per heavy atom. The SMILES string of the molecule is COCc1c(C(=O)Nc2ccc(N(C)C)cn2)sc2cccc(F)c12. The van der Waals surface area contributed by atoms with Gasteiger partial charge in [0.25, 0.3) is 5.91 Å². The molecule has 25 heavy (non-hydrogen) atoms. The molecule has 1 amide bonds. The fraction of sp³-hybridized carbons (Fsp3) is 0.222. The molecule has 0 spiro atoms. The van der Waals surface area contributed by atoms with Crippen LogP contribution in [-0.4, -0.2) is 32.1 Å². The third kappa shape index (κ3) is 3.47. The smallest absolute Gasteiger partial charge is 0.267 e. The van der Waals surface area contributed by atoms with Crippen LogP contribution in [0.25, 0.3) is 10.1 Å². The van der Waals surface area contributed by atoms with Gasteiger partial charge in [-0.25, -0.2) is 9.37 Å². The summed E-state index contributed by atoms with van der Waals surface area (Å²) in [6.45, 7) is 0.163. The minimum atomic E-state index is -0.353. The second-order valence-electron chi connectivity index (χ2n) is 5.71. The zero-order valence-corrected chi connectivity index (χ0v) is 15.0. The molecule has 2 aromatic heterocycles. The highest BCUT2D eigenvalue weighted by Gasteiger charge is 2.21. The average molecular weight is 359 g/mol. The number of benzene rings is 1. The van der Waals surface area contributed by atoms with E-state index in [1.807, 2.05) is 25.1 Å². The number of hydrogen-bond donors (Lipinski definition) is 1. The predicted molar refractivity (Wildman–Crippen MR) is 99.0 cm³/mol. The molecule has 7 heteroatoms. The highest BCUT2D eigenvalue weighted by Crippen LogP contribution is 2.34. The minimum absolute atomic E-state index is 0.163. The first-order valence-corrected chi connectivity index (χ1v) is 8.46. The zero-order valence-electron chi connectivity index (χ0n) is 14.2. The van der Waals surface area contributed by atoms with Gasteiger partial charge in [0.05, 0.1) is 23.4 Å². The zero-order chi connectivity index (χ0) is 18.0. The molecule has 0 saturated heterocycles. The Bertz CT molecular complexity index is 907. The van der Waals surface area contributed by atoms with Crippen LogP contribution in [0.5, 0.6) is 0 Å². The van der Waals surface area contributed by atoms with Crippen LogP contribution >= 0.6 is 11.3 Å². The average Bonchev–Trinajstić information content (AvgIpc) is 2.96. The van der Waals surface area contributed by atoms with Crippen LogP contribution in [0.15, 0.2) is 36.5 Å². The van der Waals surface area contributed by atoms with Gasteiger partial charge < -0.3 is 15.0 Å². The topological polar surface area (TPSA) is 54.5 Å². The van der Waals surface area contributed by atoms with Crippen LogP contribution in [0.4, 0.5) is 15.9 Å². The molecule has 2 heterocycles. The van der Waals surface area contributed by atoms with Crippen molar-refractivity contribution in [2.75, 3.05) is 31.4 Å². The van der Waals surface area contributed by atoms with Crippen LogP contribution in [0.3, 0.4) is 0 Å². The van der Waals surface area contributed by atoms with E-state index in [0.717, 1.165) is 5.69 Å². The van der Waals surface area contributed by atoms with Crippen molar-refractivity contribution in [1.29, 1.82) is 0 Å². The molecule has 0 unspecified atom stereocenters. The Hall–Kier alpha value is -2.51. The van der Waals surface area contributed by atoms with E-state index in [-0.39, 0.29) is 18.3 Å². The van der Waals surface area contributed by atoms with E-state index in [1.165, 1.54) is 24.5 Å². The molecule has 0 bridgehead atoms. The lowest BCUT2D eigenvalue weighted by molar-refractivity contribution is 0.102. The Labute approximate surface area is 149 Å². The third-order valence-corrected chi connectivity index (χ3v) is 4.96. The van der Waals surface area contributed by atoms with E-state index in [0.29, 0.717) is 26.3 Å². The van der Waals surface area contributed by atoms with Gasteiger partial charge in [-0.05, 0) is 24.3 Å². The van der Waals surface area contributed by atoms with Crippen LogP contribution in [-0.2, 0) is 11.3 Å². The largest absolute Gasteiger partial charge is 0.380 e. The van der Waals surface area contributed by atoms with Crippen molar-refractivity contribution in [3.8, 4) is 0 Å². The molecule has 3 rings (SSSR count). The van der Waals surface area contributed by atoms with Crippen molar-refractivity contribution in [3.05, 3.63) is 52.8 Å². The molecule has 0 atom stereocenters.